The normalized spacial score (nSPS) is 21.7. The Morgan fingerprint density at radius 1 is 1.17 bits per heavy atom. The monoisotopic (exact) mass is 244 g/mol. The van der Waals surface area contributed by atoms with Crippen molar-refractivity contribution in [3.05, 3.63) is 35.9 Å². The molecule has 2 aliphatic rings. The van der Waals surface area contributed by atoms with Crippen LogP contribution in [0, 0.1) is 5.41 Å². The fourth-order valence-corrected chi connectivity index (χ4v) is 3.10. The molecule has 2 fully saturated rings. The second-order valence-electron chi connectivity index (χ2n) is 5.66. The predicted molar refractivity (Wildman–Crippen MR) is 71.3 cm³/mol. The summed E-state index contributed by atoms with van der Waals surface area (Å²) in [6.07, 6.45) is 3.00. The fraction of sp³-hybridized carbons (Fsp3) is 0.533. The molecule has 3 nitrogen and oxygen atoms in total. The molecule has 0 unspecified atom stereocenters. The first-order chi connectivity index (χ1) is 8.77. The summed E-state index contributed by atoms with van der Waals surface area (Å²) >= 11 is 0. The fourth-order valence-electron chi connectivity index (χ4n) is 3.10. The molecule has 1 aromatic carbocycles. The van der Waals surface area contributed by atoms with Crippen LogP contribution in [-0.4, -0.2) is 37.0 Å². The van der Waals surface area contributed by atoms with E-state index in [9.17, 15) is 4.79 Å². The van der Waals surface area contributed by atoms with Gasteiger partial charge in [0.25, 0.3) is 0 Å². The zero-order chi connectivity index (χ0) is 12.4. The zero-order valence-electron chi connectivity index (χ0n) is 10.7. The summed E-state index contributed by atoms with van der Waals surface area (Å²) in [6, 6.07) is 10.0. The van der Waals surface area contributed by atoms with Crippen LogP contribution in [-0.2, 0) is 11.2 Å². The molecule has 1 amide bonds. The number of benzene rings is 1. The van der Waals surface area contributed by atoms with Gasteiger partial charge in [-0.3, -0.25) is 4.79 Å². The molecule has 0 aromatic heterocycles. The number of carbonyl (C=O) groups is 1. The van der Waals surface area contributed by atoms with Crippen molar-refractivity contribution < 1.29 is 4.79 Å². The summed E-state index contributed by atoms with van der Waals surface area (Å²) in [5.74, 6) is 0.283. The second kappa shape index (κ2) is 4.73. The highest BCUT2D eigenvalue weighted by Crippen LogP contribution is 2.38. The highest BCUT2D eigenvalue weighted by atomic mass is 16.2. The molecule has 0 bridgehead atoms. The third-order valence-electron chi connectivity index (χ3n) is 4.27. The van der Waals surface area contributed by atoms with Crippen LogP contribution in [0.5, 0.6) is 0 Å². The summed E-state index contributed by atoms with van der Waals surface area (Å²) in [4.78, 5) is 14.2. The minimum absolute atomic E-state index is 0.283. The van der Waals surface area contributed by atoms with Crippen molar-refractivity contribution in [2.45, 2.75) is 19.3 Å². The number of piperidine rings is 1. The number of nitrogens with one attached hydrogen (secondary N) is 1. The van der Waals surface area contributed by atoms with Crippen molar-refractivity contribution in [3.8, 4) is 0 Å². The van der Waals surface area contributed by atoms with Crippen molar-refractivity contribution in [2.75, 3.05) is 26.2 Å². The first kappa shape index (κ1) is 11.7. The van der Waals surface area contributed by atoms with Crippen molar-refractivity contribution in [2.24, 2.45) is 5.41 Å². The number of rotatable bonds is 2. The lowest BCUT2D eigenvalue weighted by atomic mass is 9.72. The van der Waals surface area contributed by atoms with Crippen LogP contribution in [0.25, 0.3) is 0 Å². The van der Waals surface area contributed by atoms with E-state index in [4.69, 9.17) is 0 Å². The summed E-state index contributed by atoms with van der Waals surface area (Å²) in [5.41, 5.74) is 1.56. The van der Waals surface area contributed by atoms with E-state index in [0.717, 1.165) is 31.7 Å². The number of hydrogen-bond donors (Lipinski definition) is 1. The Morgan fingerprint density at radius 3 is 2.50 bits per heavy atom. The molecule has 2 aliphatic heterocycles. The Balaban J connectivity index is 1.53. The average Bonchev–Trinajstić information content (AvgIpc) is 2.38. The molecule has 3 rings (SSSR count). The van der Waals surface area contributed by atoms with Crippen LogP contribution in [0.3, 0.4) is 0 Å². The van der Waals surface area contributed by atoms with Gasteiger partial charge in [-0.15, -0.1) is 0 Å². The Morgan fingerprint density at radius 2 is 1.83 bits per heavy atom. The molecule has 1 N–H and O–H groups in total. The molecule has 1 spiro atoms. The van der Waals surface area contributed by atoms with Gasteiger partial charge >= 0.3 is 0 Å². The molecule has 2 saturated heterocycles. The van der Waals surface area contributed by atoms with Gasteiger partial charge in [-0.05, 0) is 31.5 Å². The van der Waals surface area contributed by atoms with Gasteiger partial charge in [0.05, 0.1) is 6.42 Å². The molecular weight excluding hydrogens is 224 g/mol. The molecular formula is C15H20N2O. The highest BCUT2D eigenvalue weighted by Gasteiger charge is 2.44. The van der Waals surface area contributed by atoms with Crippen LogP contribution in [0.2, 0.25) is 0 Å². The van der Waals surface area contributed by atoms with E-state index in [-0.39, 0.29) is 5.91 Å². The lowest BCUT2D eigenvalue weighted by Crippen LogP contribution is -2.61. The first-order valence-corrected chi connectivity index (χ1v) is 6.80. The van der Waals surface area contributed by atoms with E-state index in [2.05, 4.69) is 5.32 Å². The Labute approximate surface area is 108 Å². The van der Waals surface area contributed by atoms with E-state index in [1.165, 1.54) is 12.8 Å². The van der Waals surface area contributed by atoms with Crippen molar-refractivity contribution in [3.63, 3.8) is 0 Å². The lowest BCUT2D eigenvalue weighted by molar-refractivity contribution is -0.144. The molecule has 18 heavy (non-hydrogen) atoms. The van der Waals surface area contributed by atoms with Crippen LogP contribution < -0.4 is 5.32 Å². The standard InChI is InChI=1S/C15H20N2O/c18-14(10-13-4-2-1-3-5-13)17-11-15(12-17)6-8-16-9-7-15/h1-5,16H,6-12H2. The third kappa shape index (κ3) is 2.27. The zero-order valence-corrected chi connectivity index (χ0v) is 10.7. The van der Waals surface area contributed by atoms with Gasteiger partial charge in [-0.25, -0.2) is 0 Å². The average molecular weight is 244 g/mol. The Bertz CT molecular complexity index is 415. The maximum Gasteiger partial charge on any atom is 0.227 e. The number of nitrogens with zero attached hydrogens (tertiary/aromatic N) is 1. The maximum absolute atomic E-state index is 12.1. The highest BCUT2D eigenvalue weighted by molar-refractivity contribution is 5.79. The molecule has 1 aromatic rings. The summed E-state index contributed by atoms with van der Waals surface area (Å²) in [6.45, 7) is 4.17. The van der Waals surface area contributed by atoms with E-state index < -0.39 is 0 Å². The van der Waals surface area contributed by atoms with Gasteiger partial charge in [0.15, 0.2) is 0 Å². The number of carbonyl (C=O) groups excluding carboxylic acids is 1. The lowest BCUT2D eigenvalue weighted by Gasteiger charge is -2.52. The Kier molecular flexibility index (Phi) is 3.08. The van der Waals surface area contributed by atoms with Crippen molar-refractivity contribution in [1.82, 2.24) is 10.2 Å². The summed E-state index contributed by atoms with van der Waals surface area (Å²) < 4.78 is 0. The van der Waals surface area contributed by atoms with Gasteiger partial charge in [0.1, 0.15) is 0 Å². The van der Waals surface area contributed by atoms with Crippen LogP contribution in [0.15, 0.2) is 30.3 Å². The van der Waals surface area contributed by atoms with Gasteiger partial charge in [-0.2, -0.15) is 0 Å². The van der Waals surface area contributed by atoms with Crippen molar-refractivity contribution >= 4 is 5.91 Å². The van der Waals surface area contributed by atoms with Crippen LogP contribution >= 0.6 is 0 Å². The largest absolute Gasteiger partial charge is 0.341 e. The number of likely N-dealkylation sites (tertiary alicyclic amines) is 1. The SMILES string of the molecule is O=C(Cc1ccccc1)N1CC2(CCNCC2)C1. The molecule has 0 radical (unpaired) electrons. The van der Waals surface area contributed by atoms with E-state index in [1.807, 2.05) is 35.2 Å². The van der Waals surface area contributed by atoms with Gasteiger partial charge in [0.2, 0.25) is 5.91 Å². The quantitative estimate of drug-likeness (QED) is 0.854. The third-order valence-corrected chi connectivity index (χ3v) is 4.27. The van der Waals surface area contributed by atoms with E-state index >= 15 is 0 Å². The van der Waals surface area contributed by atoms with Gasteiger partial charge < -0.3 is 10.2 Å². The number of hydrogen-bond acceptors (Lipinski definition) is 2. The molecule has 96 valence electrons. The minimum Gasteiger partial charge on any atom is -0.341 e. The van der Waals surface area contributed by atoms with Crippen LogP contribution in [0.1, 0.15) is 18.4 Å². The number of amides is 1. The second-order valence-corrected chi connectivity index (χ2v) is 5.66. The molecule has 0 aliphatic carbocycles. The van der Waals surface area contributed by atoms with E-state index in [1.54, 1.807) is 0 Å². The summed E-state index contributed by atoms with van der Waals surface area (Å²) in [7, 11) is 0. The van der Waals surface area contributed by atoms with Crippen LogP contribution in [0.4, 0.5) is 0 Å². The van der Waals surface area contributed by atoms with Gasteiger partial charge in [0, 0.05) is 18.5 Å². The van der Waals surface area contributed by atoms with Crippen molar-refractivity contribution in [1.29, 1.82) is 0 Å². The van der Waals surface area contributed by atoms with E-state index in [0.29, 0.717) is 11.8 Å². The smallest absolute Gasteiger partial charge is 0.227 e. The predicted octanol–water partition coefficient (Wildman–Crippen LogP) is 1.44. The maximum atomic E-state index is 12.1. The summed E-state index contributed by atoms with van der Waals surface area (Å²) in [5, 5.41) is 3.39. The molecule has 3 heteroatoms. The molecule has 0 saturated carbocycles. The topological polar surface area (TPSA) is 32.3 Å². The first-order valence-electron chi connectivity index (χ1n) is 6.80. The molecule has 2 heterocycles. The molecule has 0 atom stereocenters. The van der Waals surface area contributed by atoms with Gasteiger partial charge in [-0.1, -0.05) is 30.3 Å². The Hall–Kier alpha value is -1.35. The minimum atomic E-state index is 0.283.